The normalized spacial score (nSPS) is 17.0. The second-order valence-corrected chi connectivity index (χ2v) is 12.3. The lowest BCUT2D eigenvalue weighted by molar-refractivity contribution is 0.0896. The summed E-state index contributed by atoms with van der Waals surface area (Å²) in [6, 6.07) is 21.8. The third-order valence-corrected chi connectivity index (χ3v) is 8.63. The van der Waals surface area contributed by atoms with Crippen LogP contribution in [0.5, 0.6) is 0 Å². The van der Waals surface area contributed by atoms with Gasteiger partial charge in [0.1, 0.15) is 0 Å². The van der Waals surface area contributed by atoms with Crippen molar-refractivity contribution < 1.29 is 9.59 Å². The number of carbonyl (C=O) groups is 2. The third-order valence-electron chi connectivity index (χ3n) is 7.96. The number of benzene rings is 3. The first kappa shape index (κ1) is 29.4. The molecule has 0 unspecified atom stereocenters. The lowest BCUT2D eigenvalue weighted by atomic mass is 9.99. The molecule has 3 aromatic carbocycles. The van der Waals surface area contributed by atoms with Gasteiger partial charge in [0.15, 0.2) is 0 Å². The van der Waals surface area contributed by atoms with Crippen molar-refractivity contribution >= 4 is 46.3 Å². The molecular formula is C33H38IN5O2. The molecule has 214 valence electrons. The maximum absolute atomic E-state index is 13.3. The fourth-order valence-electron chi connectivity index (χ4n) is 5.78. The van der Waals surface area contributed by atoms with Crippen LogP contribution in [0, 0.1) is 10.5 Å². The van der Waals surface area contributed by atoms with E-state index >= 15 is 0 Å². The molecule has 2 fully saturated rings. The number of halogens is 1. The highest BCUT2D eigenvalue weighted by molar-refractivity contribution is 14.1. The van der Waals surface area contributed by atoms with Crippen LogP contribution in [-0.4, -0.2) is 60.0 Å². The van der Waals surface area contributed by atoms with Crippen molar-refractivity contribution in [3.05, 3.63) is 98.1 Å². The average molecular weight is 664 g/mol. The second-order valence-electron chi connectivity index (χ2n) is 11.1. The smallest absolute Gasteiger partial charge is 0.273 e. The summed E-state index contributed by atoms with van der Waals surface area (Å²) in [6.45, 7) is 7.53. The summed E-state index contributed by atoms with van der Waals surface area (Å²) in [5, 5.41) is 7.07. The molecule has 2 N–H and O–H groups in total. The molecule has 0 atom stereocenters. The summed E-state index contributed by atoms with van der Waals surface area (Å²) in [6.07, 6.45) is 8.09. The monoisotopic (exact) mass is 663 g/mol. The Morgan fingerprint density at radius 3 is 2.49 bits per heavy atom. The number of nitrogens with one attached hydrogen (secondary N) is 2. The third kappa shape index (κ3) is 8.24. The van der Waals surface area contributed by atoms with Crippen molar-refractivity contribution in [2.45, 2.75) is 51.6 Å². The molecular weight excluding hydrogens is 625 g/mol. The van der Waals surface area contributed by atoms with Gasteiger partial charge in [-0.3, -0.25) is 14.5 Å². The SMILES string of the molecule is Cc1cccc(C=NNC(=O)c2cc(I)ccc2NC(=O)c2cccc(CN3CCC(N4CCCCC4)CC3)c2)c1. The summed E-state index contributed by atoms with van der Waals surface area (Å²) in [7, 11) is 0. The number of anilines is 1. The molecule has 0 radical (unpaired) electrons. The number of carbonyl (C=O) groups excluding carboxylic acids is 2. The highest BCUT2D eigenvalue weighted by Crippen LogP contribution is 2.23. The summed E-state index contributed by atoms with van der Waals surface area (Å²) >= 11 is 2.16. The van der Waals surface area contributed by atoms with Crippen LogP contribution in [0.4, 0.5) is 5.69 Å². The first-order valence-electron chi connectivity index (χ1n) is 14.5. The van der Waals surface area contributed by atoms with Gasteiger partial charge < -0.3 is 10.2 Å². The fourth-order valence-corrected chi connectivity index (χ4v) is 6.27. The van der Waals surface area contributed by atoms with Crippen LogP contribution in [0.1, 0.15) is 69.5 Å². The van der Waals surface area contributed by atoms with Gasteiger partial charge in [0.2, 0.25) is 0 Å². The Morgan fingerprint density at radius 1 is 0.927 bits per heavy atom. The number of rotatable bonds is 8. The molecule has 2 heterocycles. The minimum atomic E-state index is -0.385. The fraction of sp³-hybridized carbons (Fsp3) is 0.364. The van der Waals surface area contributed by atoms with Crippen LogP contribution in [0.3, 0.4) is 0 Å². The summed E-state index contributed by atoms with van der Waals surface area (Å²) < 4.78 is 0.888. The van der Waals surface area contributed by atoms with Gasteiger partial charge in [-0.25, -0.2) is 5.43 Å². The van der Waals surface area contributed by atoms with Crippen molar-refractivity contribution in [2.75, 3.05) is 31.5 Å². The van der Waals surface area contributed by atoms with Crippen molar-refractivity contribution in [3.8, 4) is 0 Å². The molecule has 41 heavy (non-hydrogen) atoms. The topological polar surface area (TPSA) is 77.0 Å². The number of hydrogen-bond donors (Lipinski definition) is 2. The van der Waals surface area contributed by atoms with E-state index < -0.39 is 0 Å². The first-order valence-corrected chi connectivity index (χ1v) is 15.6. The molecule has 2 saturated heterocycles. The van der Waals surface area contributed by atoms with E-state index in [1.54, 1.807) is 18.3 Å². The van der Waals surface area contributed by atoms with E-state index in [4.69, 9.17) is 0 Å². The predicted molar refractivity (Wildman–Crippen MR) is 174 cm³/mol. The van der Waals surface area contributed by atoms with Gasteiger partial charge in [-0.2, -0.15) is 5.10 Å². The molecule has 7 nitrogen and oxygen atoms in total. The van der Waals surface area contributed by atoms with Crippen molar-refractivity contribution in [2.24, 2.45) is 5.10 Å². The number of amides is 2. The maximum atomic E-state index is 13.3. The van der Waals surface area contributed by atoms with Crippen LogP contribution in [0.15, 0.2) is 71.8 Å². The van der Waals surface area contributed by atoms with Crippen LogP contribution in [0.25, 0.3) is 0 Å². The largest absolute Gasteiger partial charge is 0.321 e. The Kier molecular flexibility index (Phi) is 10.2. The standard InChI is InChI=1S/C33H38IN5O2/c1-24-7-5-8-25(19-24)22-35-37-33(41)30-21-28(34)11-12-31(30)36-32(40)27-10-6-9-26(20-27)23-38-17-13-29(14-18-38)39-15-3-2-4-16-39/h5-12,19-22,29H,2-4,13-18,23H2,1H3,(H,36,40)(H,37,41). The van der Waals surface area contributed by atoms with E-state index in [0.29, 0.717) is 16.8 Å². The number of likely N-dealkylation sites (tertiary alicyclic amines) is 2. The van der Waals surface area contributed by atoms with E-state index in [2.05, 4.69) is 54.3 Å². The summed E-state index contributed by atoms with van der Waals surface area (Å²) in [4.78, 5) is 31.5. The van der Waals surface area contributed by atoms with Gasteiger partial charge in [-0.1, -0.05) is 48.4 Å². The van der Waals surface area contributed by atoms with E-state index in [0.717, 1.165) is 45.9 Å². The minimum Gasteiger partial charge on any atom is -0.321 e. The second kappa shape index (κ2) is 14.2. The Hall–Kier alpha value is -3.08. The Balaban J connectivity index is 1.19. The molecule has 2 amide bonds. The van der Waals surface area contributed by atoms with Crippen molar-refractivity contribution in [1.29, 1.82) is 0 Å². The zero-order valence-electron chi connectivity index (χ0n) is 23.6. The first-order chi connectivity index (χ1) is 19.9. The maximum Gasteiger partial charge on any atom is 0.273 e. The van der Waals surface area contributed by atoms with Gasteiger partial charge in [0, 0.05) is 21.7 Å². The van der Waals surface area contributed by atoms with Gasteiger partial charge in [-0.05, 0) is 123 Å². The molecule has 2 aliphatic rings. The molecule has 8 heteroatoms. The zero-order chi connectivity index (χ0) is 28.6. The molecule has 0 saturated carbocycles. The molecule has 2 aliphatic heterocycles. The Labute approximate surface area is 256 Å². The van der Waals surface area contributed by atoms with Crippen LogP contribution >= 0.6 is 22.6 Å². The van der Waals surface area contributed by atoms with Crippen molar-refractivity contribution in [3.63, 3.8) is 0 Å². The van der Waals surface area contributed by atoms with Gasteiger partial charge in [0.05, 0.1) is 17.5 Å². The quantitative estimate of drug-likeness (QED) is 0.175. The number of hydrazone groups is 1. The minimum absolute atomic E-state index is 0.242. The van der Waals surface area contributed by atoms with Crippen LogP contribution in [-0.2, 0) is 6.54 Å². The Bertz CT molecular complexity index is 1390. The average Bonchev–Trinajstić information content (AvgIpc) is 2.99. The highest BCUT2D eigenvalue weighted by atomic mass is 127. The summed E-state index contributed by atoms with van der Waals surface area (Å²) in [5.74, 6) is -0.626. The van der Waals surface area contributed by atoms with E-state index in [-0.39, 0.29) is 11.8 Å². The highest BCUT2D eigenvalue weighted by Gasteiger charge is 2.25. The van der Waals surface area contributed by atoms with E-state index in [1.165, 1.54) is 45.2 Å². The van der Waals surface area contributed by atoms with Gasteiger partial charge in [0.25, 0.3) is 11.8 Å². The lowest BCUT2D eigenvalue weighted by Gasteiger charge is -2.40. The number of nitrogens with zero attached hydrogens (tertiary/aromatic N) is 3. The van der Waals surface area contributed by atoms with E-state index in [1.807, 2.05) is 55.5 Å². The lowest BCUT2D eigenvalue weighted by Crippen LogP contribution is -2.46. The van der Waals surface area contributed by atoms with Crippen LogP contribution in [0.2, 0.25) is 0 Å². The number of aryl methyl sites for hydroxylation is 1. The van der Waals surface area contributed by atoms with Gasteiger partial charge in [-0.15, -0.1) is 0 Å². The van der Waals surface area contributed by atoms with Gasteiger partial charge >= 0.3 is 0 Å². The molecule has 0 spiro atoms. The zero-order valence-corrected chi connectivity index (χ0v) is 25.8. The predicted octanol–water partition coefficient (Wildman–Crippen LogP) is 6.07. The van der Waals surface area contributed by atoms with E-state index in [9.17, 15) is 9.59 Å². The number of piperidine rings is 2. The molecule has 0 aliphatic carbocycles. The molecule has 3 aromatic rings. The molecule has 0 bridgehead atoms. The Morgan fingerprint density at radius 2 is 1.71 bits per heavy atom. The van der Waals surface area contributed by atoms with Crippen LogP contribution < -0.4 is 10.7 Å². The molecule has 5 rings (SSSR count). The molecule has 0 aromatic heterocycles. The summed E-state index contributed by atoms with van der Waals surface area (Å²) in [5.41, 5.74) is 7.12. The van der Waals surface area contributed by atoms with Crippen molar-refractivity contribution in [1.82, 2.24) is 15.2 Å². The number of hydrogen-bond acceptors (Lipinski definition) is 5.